The van der Waals surface area contributed by atoms with Gasteiger partial charge in [-0.1, -0.05) is 37.3 Å². The third-order valence-corrected chi connectivity index (χ3v) is 5.82. The number of benzene rings is 2. The molecular formula is C24H34N4O2+2. The lowest BCUT2D eigenvalue weighted by Gasteiger charge is -2.29. The fourth-order valence-electron chi connectivity index (χ4n) is 3.97. The summed E-state index contributed by atoms with van der Waals surface area (Å²) in [4.78, 5) is 27.5. The molecule has 2 amide bonds. The maximum absolute atomic E-state index is 12.5. The van der Waals surface area contributed by atoms with E-state index in [4.69, 9.17) is 0 Å². The lowest BCUT2D eigenvalue weighted by atomic mass is 10.1. The van der Waals surface area contributed by atoms with Crippen molar-refractivity contribution in [3.05, 3.63) is 59.2 Å². The van der Waals surface area contributed by atoms with Gasteiger partial charge in [0.05, 0.1) is 0 Å². The summed E-state index contributed by atoms with van der Waals surface area (Å²) in [6.07, 6.45) is 0.898. The Hall–Kier alpha value is -2.70. The Morgan fingerprint density at radius 3 is 2.00 bits per heavy atom. The van der Waals surface area contributed by atoms with E-state index in [1.807, 2.05) is 50.2 Å². The van der Waals surface area contributed by atoms with Crippen molar-refractivity contribution in [1.82, 2.24) is 0 Å². The molecule has 1 aliphatic rings. The lowest BCUT2D eigenvalue weighted by Crippen LogP contribution is -3.28. The summed E-state index contributed by atoms with van der Waals surface area (Å²) in [6.45, 7) is 10.7. The van der Waals surface area contributed by atoms with Gasteiger partial charge < -0.3 is 20.4 Å². The zero-order chi connectivity index (χ0) is 21.5. The number of anilines is 2. The number of aryl methyl sites for hydroxylation is 3. The Morgan fingerprint density at radius 1 is 0.833 bits per heavy atom. The minimum Gasteiger partial charge on any atom is -0.321 e. The average molecular weight is 411 g/mol. The zero-order valence-electron chi connectivity index (χ0n) is 18.3. The van der Waals surface area contributed by atoms with Gasteiger partial charge >= 0.3 is 0 Å². The number of amides is 2. The van der Waals surface area contributed by atoms with Crippen LogP contribution in [0.5, 0.6) is 0 Å². The molecule has 4 N–H and O–H groups in total. The molecule has 0 aromatic heterocycles. The van der Waals surface area contributed by atoms with Crippen LogP contribution in [0.1, 0.15) is 23.6 Å². The van der Waals surface area contributed by atoms with E-state index in [1.54, 1.807) is 0 Å². The van der Waals surface area contributed by atoms with Crippen LogP contribution in [0.4, 0.5) is 11.4 Å². The first-order valence-electron chi connectivity index (χ1n) is 10.9. The molecule has 160 valence electrons. The van der Waals surface area contributed by atoms with E-state index >= 15 is 0 Å². The molecule has 3 rings (SSSR count). The van der Waals surface area contributed by atoms with Crippen LogP contribution in [0.15, 0.2) is 42.5 Å². The largest absolute Gasteiger partial charge is 0.321 e. The maximum atomic E-state index is 12.5. The summed E-state index contributed by atoms with van der Waals surface area (Å²) >= 11 is 0. The van der Waals surface area contributed by atoms with Gasteiger partial charge in [-0.05, 0) is 49.1 Å². The Morgan fingerprint density at radius 2 is 1.40 bits per heavy atom. The second-order valence-corrected chi connectivity index (χ2v) is 8.28. The van der Waals surface area contributed by atoms with Gasteiger partial charge in [-0.2, -0.15) is 0 Å². The summed E-state index contributed by atoms with van der Waals surface area (Å²) < 4.78 is 0. The fourth-order valence-corrected chi connectivity index (χ4v) is 3.97. The number of nitrogens with one attached hydrogen (secondary N) is 4. The Kier molecular flexibility index (Phi) is 7.60. The molecule has 6 heteroatoms. The molecule has 0 aliphatic carbocycles. The minimum atomic E-state index is 0.0519. The highest BCUT2D eigenvalue weighted by Gasteiger charge is 2.26. The minimum absolute atomic E-state index is 0.0519. The van der Waals surface area contributed by atoms with Crippen molar-refractivity contribution in [2.45, 2.75) is 27.2 Å². The summed E-state index contributed by atoms with van der Waals surface area (Å²) in [7, 11) is 0. The molecule has 1 saturated heterocycles. The number of quaternary nitrogens is 2. The van der Waals surface area contributed by atoms with E-state index in [1.165, 1.54) is 9.80 Å². The SMILES string of the molecule is CCc1ccccc1NC(=O)C[NH+]1CC[NH+](CC(=O)Nc2cc(C)ccc2C)CC1. The number of carbonyl (C=O) groups excluding carboxylic acids is 2. The third kappa shape index (κ3) is 6.15. The fraction of sp³-hybridized carbons (Fsp3) is 0.417. The molecule has 0 spiro atoms. The number of para-hydroxylation sites is 1. The topological polar surface area (TPSA) is 67.1 Å². The first kappa shape index (κ1) is 22.0. The van der Waals surface area contributed by atoms with E-state index in [0.29, 0.717) is 13.1 Å². The van der Waals surface area contributed by atoms with Crippen molar-refractivity contribution in [2.24, 2.45) is 0 Å². The van der Waals surface area contributed by atoms with Gasteiger partial charge in [0.1, 0.15) is 26.2 Å². The zero-order valence-corrected chi connectivity index (χ0v) is 18.3. The lowest BCUT2D eigenvalue weighted by molar-refractivity contribution is -1.00. The van der Waals surface area contributed by atoms with E-state index in [2.05, 4.69) is 23.6 Å². The maximum Gasteiger partial charge on any atom is 0.279 e. The molecule has 0 atom stereocenters. The number of hydrogen-bond donors (Lipinski definition) is 4. The summed E-state index contributed by atoms with van der Waals surface area (Å²) in [5.41, 5.74) is 5.18. The molecular weight excluding hydrogens is 376 g/mol. The van der Waals surface area contributed by atoms with Gasteiger partial charge in [0, 0.05) is 11.4 Å². The van der Waals surface area contributed by atoms with Gasteiger partial charge in [-0.25, -0.2) is 0 Å². The predicted octanol–water partition coefficient (Wildman–Crippen LogP) is 0.226. The highest BCUT2D eigenvalue weighted by atomic mass is 16.2. The first-order chi connectivity index (χ1) is 14.4. The van der Waals surface area contributed by atoms with Crippen molar-refractivity contribution in [1.29, 1.82) is 0 Å². The number of hydrogen-bond acceptors (Lipinski definition) is 2. The van der Waals surface area contributed by atoms with E-state index < -0.39 is 0 Å². The molecule has 1 aliphatic heterocycles. The van der Waals surface area contributed by atoms with E-state index in [-0.39, 0.29) is 11.8 Å². The first-order valence-corrected chi connectivity index (χ1v) is 10.9. The average Bonchev–Trinajstić information content (AvgIpc) is 2.72. The van der Waals surface area contributed by atoms with E-state index in [0.717, 1.165) is 60.7 Å². The second kappa shape index (κ2) is 10.4. The van der Waals surface area contributed by atoms with Gasteiger partial charge in [0.2, 0.25) is 0 Å². The number of piperazine rings is 1. The Labute approximate surface area is 179 Å². The van der Waals surface area contributed by atoms with Crippen LogP contribution in [0.25, 0.3) is 0 Å². The molecule has 6 nitrogen and oxygen atoms in total. The van der Waals surface area contributed by atoms with Crippen molar-refractivity contribution < 1.29 is 19.4 Å². The van der Waals surface area contributed by atoms with Crippen molar-refractivity contribution >= 4 is 23.2 Å². The summed E-state index contributed by atoms with van der Waals surface area (Å²) in [5.74, 6) is 0.109. The summed E-state index contributed by atoms with van der Waals surface area (Å²) in [6, 6.07) is 14.1. The molecule has 0 saturated carbocycles. The van der Waals surface area contributed by atoms with Gasteiger partial charge in [-0.15, -0.1) is 0 Å². The van der Waals surface area contributed by atoms with Crippen molar-refractivity contribution in [3.8, 4) is 0 Å². The normalized spacial score (nSPS) is 18.6. The molecule has 0 unspecified atom stereocenters. The van der Waals surface area contributed by atoms with Gasteiger partial charge in [0.15, 0.2) is 13.1 Å². The molecule has 1 heterocycles. The molecule has 0 radical (unpaired) electrons. The molecule has 2 aromatic rings. The van der Waals surface area contributed by atoms with Gasteiger partial charge in [0.25, 0.3) is 11.8 Å². The number of carbonyl (C=O) groups is 2. The highest BCUT2D eigenvalue weighted by Crippen LogP contribution is 2.16. The third-order valence-electron chi connectivity index (χ3n) is 5.82. The van der Waals surface area contributed by atoms with Crippen molar-refractivity contribution in [3.63, 3.8) is 0 Å². The van der Waals surface area contributed by atoms with Crippen LogP contribution in [-0.2, 0) is 16.0 Å². The van der Waals surface area contributed by atoms with Crippen LogP contribution in [0.2, 0.25) is 0 Å². The second-order valence-electron chi connectivity index (χ2n) is 8.28. The quantitative estimate of drug-likeness (QED) is 0.528. The summed E-state index contributed by atoms with van der Waals surface area (Å²) in [5, 5.41) is 6.11. The van der Waals surface area contributed by atoms with Crippen LogP contribution in [0, 0.1) is 13.8 Å². The molecule has 2 aromatic carbocycles. The van der Waals surface area contributed by atoms with Crippen molar-refractivity contribution in [2.75, 3.05) is 49.9 Å². The highest BCUT2D eigenvalue weighted by molar-refractivity contribution is 5.92. The molecule has 1 fully saturated rings. The van der Waals surface area contributed by atoms with Crippen LogP contribution in [-0.4, -0.2) is 51.1 Å². The Balaban J connectivity index is 1.42. The van der Waals surface area contributed by atoms with Crippen LogP contribution >= 0.6 is 0 Å². The monoisotopic (exact) mass is 410 g/mol. The number of rotatable bonds is 7. The van der Waals surface area contributed by atoms with Crippen LogP contribution in [0.3, 0.4) is 0 Å². The Bertz CT molecular complexity index is 889. The molecule has 30 heavy (non-hydrogen) atoms. The van der Waals surface area contributed by atoms with Gasteiger partial charge in [-0.3, -0.25) is 9.59 Å². The smallest absolute Gasteiger partial charge is 0.279 e. The standard InChI is InChI=1S/C24H32N4O2/c1-4-20-7-5-6-8-21(20)25-23(29)16-27-11-13-28(14-12-27)17-24(30)26-22-15-18(2)9-10-19(22)3/h5-10,15H,4,11-14,16-17H2,1-3H3,(H,25,29)(H,26,30)/p+2. The molecule has 0 bridgehead atoms. The van der Waals surface area contributed by atoms with E-state index in [9.17, 15) is 9.59 Å². The van der Waals surface area contributed by atoms with Crippen LogP contribution < -0.4 is 20.4 Å². The predicted molar refractivity (Wildman–Crippen MR) is 120 cm³/mol.